The molecule has 0 aliphatic heterocycles. The summed E-state index contributed by atoms with van der Waals surface area (Å²) in [4.78, 5) is 10.6. The van der Waals surface area contributed by atoms with Gasteiger partial charge < -0.3 is 15.4 Å². The van der Waals surface area contributed by atoms with Crippen LogP contribution in [0, 0.1) is 0 Å². The van der Waals surface area contributed by atoms with Crippen LogP contribution in [-0.4, -0.2) is 15.6 Å². The number of rotatable bonds is 3. The summed E-state index contributed by atoms with van der Waals surface area (Å²) in [7, 11) is 1.94. The fourth-order valence-corrected chi connectivity index (χ4v) is 2.53. The minimum absolute atomic E-state index is 0.0584. The van der Waals surface area contributed by atoms with Crippen molar-refractivity contribution in [2.24, 2.45) is 12.8 Å². The van der Waals surface area contributed by atoms with E-state index >= 15 is 0 Å². The summed E-state index contributed by atoms with van der Waals surface area (Å²) in [6, 6.07) is 5.30. The van der Waals surface area contributed by atoms with Gasteiger partial charge in [0.2, 0.25) is 0 Å². The standard InChI is InChI=1S/C12H13BrN2O2/c1-15-6-9(13)8-3-2-7(4-11(8)15)10(14)5-12(16)17/h2-4,6,10H,5,14H2,1H3,(H,16,17). The summed E-state index contributed by atoms with van der Waals surface area (Å²) in [6.07, 6.45) is 1.91. The zero-order valence-electron chi connectivity index (χ0n) is 9.35. The molecule has 0 bridgehead atoms. The van der Waals surface area contributed by atoms with Crippen LogP contribution < -0.4 is 5.73 Å². The molecule has 4 nitrogen and oxygen atoms in total. The number of nitrogens with two attached hydrogens (primary N) is 1. The van der Waals surface area contributed by atoms with Crippen molar-refractivity contribution in [2.45, 2.75) is 12.5 Å². The predicted molar refractivity (Wildman–Crippen MR) is 69.8 cm³/mol. The van der Waals surface area contributed by atoms with E-state index in [2.05, 4.69) is 15.9 Å². The molecule has 0 aliphatic rings. The van der Waals surface area contributed by atoms with Crippen molar-refractivity contribution in [3.63, 3.8) is 0 Å². The molecule has 2 rings (SSSR count). The highest BCUT2D eigenvalue weighted by atomic mass is 79.9. The average molecular weight is 297 g/mol. The van der Waals surface area contributed by atoms with Gasteiger partial charge in [0.15, 0.2) is 0 Å². The zero-order chi connectivity index (χ0) is 12.6. The number of aromatic nitrogens is 1. The summed E-state index contributed by atoms with van der Waals surface area (Å²) in [6.45, 7) is 0. The molecule has 90 valence electrons. The van der Waals surface area contributed by atoms with Gasteiger partial charge >= 0.3 is 5.97 Å². The molecule has 0 saturated heterocycles. The number of hydrogen-bond acceptors (Lipinski definition) is 2. The maximum atomic E-state index is 10.6. The molecule has 2 aromatic rings. The van der Waals surface area contributed by atoms with Gasteiger partial charge in [-0.25, -0.2) is 0 Å². The number of fused-ring (bicyclic) bond motifs is 1. The second kappa shape index (κ2) is 4.50. The predicted octanol–water partition coefficient (Wildman–Crippen LogP) is 2.42. The minimum atomic E-state index is -0.884. The molecule has 1 aromatic heterocycles. The minimum Gasteiger partial charge on any atom is -0.481 e. The van der Waals surface area contributed by atoms with Gasteiger partial charge in [0.25, 0.3) is 0 Å². The van der Waals surface area contributed by atoms with Crippen molar-refractivity contribution in [3.8, 4) is 0 Å². The van der Waals surface area contributed by atoms with Gasteiger partial charge in [-0.1, -0.05) is 12.1 Å². The van der Waals surface area contributed by atoms with Crippen LogP contribution in [0.3, 0.4) is 0 Å². The van der Waals surface area contributed by atoms with E-state index in [1.807, 2.05) is 36.0 Å². The highest BCUT2D eigenvalue weighted by Crippen LogP contribution is 2.28. The normalized spacial score (nSPS) is 12.9. The van der Waals surface area contributed by atoms with Crippen LogP contribution in [-0.2, 0) is 11.8 Å². The first-order chi connectivity index (χ1) is 7.99. The van der Waals surface area contributed by atoms with E-state index in [-0.39, 0.29) is 6.42 Å². The largest absolute Gasteiger partial charge is 0.481 e. The molecule has 0 radical (unpaired) electrons. The molecule has 1 heterocycles. The van der Waals surface area contributed by atoms with Crippen LogP contribution in [0.1, 0.15) is 18.0 Å². The Balaban J connectivity index is 2.44. The van der Waals surface area contributed by atoms with E-state index in [1.165, 1.54) is 0 Å². The van der Waals surface area contributed by atoms with Crippen LogP contribution in [0.15, 0.2) is 28.9 Å². The highest BCUT2D eigenvalue weighted by molar-refractivity contribution is 9.10. The van der Waals surface area contributed by atoms with Crippen molar-refractivity contribution in [2.75, 3.05) is 0 Å². The summed E-state index contributed by atoms with van der Waals surface area (Å²) in [5.41, 5.74) is 7.72. The van der Waals surface area contributed by atoms with E-state index in [4.69, 9.17) is 10.8 Å². The van der Waals surface area contributed by atoms with Gasteiger partial charge in [0.1, 0.15) is 0 Å². The molecule has 1 aromatic carbocycles. The zero-order valence-corrected chi connectivity index (χ0v) is 10.9. The summed E-state index contributed by atoms with van der Waals surface area (Å²) in [5, 5.41) is 9.82. The first-order valence-corrected chi connectivity index (χ1v) is 6.00. The Kier molecular flexibility index (Phi) is 3.22. The number of aryl methyl sites for hydroxylation is 1. The van der Waals surface area contributed by atoms with E-state index < -0.39 is 12.0 Å². The number of carboxylic acids is 1. The Morgan fingerprint density at radius 1 is 1.59 bits per heavy atom. The number of carboxylic acid groups (broad SMARTS) is 1. The Morgan fingerprint density at radius 2 is 2.29 bits per heavy atom. The van der Waals surface area contributed by atoms with Crippen LogP contribution in [0.25, 0.3) is 10.9 Å². The quantitative estimate of drug-likeness (QED) is 0.914. The molecule has 1 unspecified atom stereocenters. The van der Waals surface area contributed by atoms with Crippen LogP contribution in [0.2, 0.25) is 0 Å². The molecule has 5 heteroatoms. The fourth-order valence-electron chi connectivity index (χ4n) is 1.89. The lowest BCUT2D eigenvalue weighted by Gasteiger charge is -2.09. The van der Waals surface area contributed by atoms with Crippen molar-refractivity contribution in [1.29, 1.82) is 0 Å². The van der Waals surface area contributed by atoms with Crippen LogP contribution >= 0.6 is 15.9 Å². The Bertz CT molecular complexity index is 577. The molecule has 0 fully saturated rings. The van der Waals surface area contributed by atoms with Crippen LogP contribution in [0.4, 0.5) is 0 Å². The summed E-state index contributed by atoms with van der Waals surface area (Å²) < 4.78 is 3.00. The first kappa shape index (κ1) is 12.1. The van der Waals surface area contributed by atoms with Gasteiger partial charge in [-0.05, 0) is 27.6 Å². The number of hydrogen-bond donors (Lipinski definition) is 2. The van der Waals surface area contributed by atoms with Crippen molar-refractivity contribution < 1.29 is 9.90 Å². The van der Waals surface area contributed by atoms with Crippen LogP contribution in [0.5, 0.6) is 0 Å². The third kappa shape index (κ3) is 2.35. The van der Waals surface area contributed by atoms with Crippen molar-refractivity contribution in [3.05, 3.63) is 34.4 Å². The number of benzene rings is 1. The van der Waals surface area contributed by atoms with Crippen molar-refractivity contribution >= 4 is 32.8 Å². The van der Waals surface area contributed by atoms with E-state index in [0.717, 1.165) is 20.9 Å². The third-order valence-electron chi connectivity index (χ3n) is 2.79. The van der Waals surface area contributed by atoms with Gasteiger partial charge in [0.05, 0.1) is 6.42 Å². The number of halogens is 1. The maximum Gasteiger partial charge on any atom is 0.305 e. The highest BCUT2D eigenvalue weighted by Gasteiger charge is 2.12. The summed E-state index contributed by atoms with van der Waals surface area (Å²) >= 11 is 3.47. The van der Waals surface area contributed by atoms with Gasteiger partial charge in [-0.15, -0.1) is 0 Å². The van der Waals surface area contributed by atoms with E-state index in [1.54, 1.807) is 0 Å². The molecule has 0 amide bonds. The Labute approximate surface area is 107 Å². The van der Waals surface area contributed by atoms with E-state index in [9.17, 15) is 4.79 Å². The number of carbonyl (C=O) groups is 1. The molecule has 0 saturated carbocycles. The monoisotopic (exact) mass is 296 g/mol. The van der Waals surface area contributed by atoms with Gasteiger partial charge in [-0.3, -0.25) is 4.79 Å². The van der Waals surface area contributed by atoms with Gasteiger partial charge in [0, 0.05) is 34.7 Å². The molecule has 3 N–H and O–H groups in total. The molecular formula is C12H13BrN2O2. The first-order valence-electron chi connectivity index (χ1n) is 5.21. The number of nitrogens with zero attached hydrogens (tertiary/aromatic N) is 1. The van der Waals surface area contributed by atoms with Crippen molar-refractivity contribution in [1.82, 2.24) is 4.57 Å². The molecule has 17 heavy (non-hydrogen) atoms. The SMILES string of the molecule is Cn1cc(Br)c2ccc(C(N)CC(=O)O)cc21. The summed E-state index contributed by atoms with van der Waals surface area (Å²) in [5.74, 6) is -0.884. The molecule has 0 spiro atoms. The smallest absolute Gasteiger partial charge is 0.305 e. The third-order valence-corrected chi connectivity index (χ3v) is 3.42. The lowest BCUT2D eigenvalue weighted by molar-refractivity contribution is -0.137. The lowest BCUT2D eigenvalue weighted by atomic mass is 10.0. The van der Waals surface area contributed by atoms with E-state index in [0.29, 0.717) is 0 Å². The molecule has 0 aliphatic carbocycles. The lowest BCUT2D eigenvalue weighted by Crippen LogP contribution is -2.14. The maximum absolute atomic E-state index is 10.6. The second-order valence-electron chi connectivity index (χ2n) is 4.07. The topological polar surface area (TPSA) is 68.2 Å². The molecular weight excluding hydrogens is 284 g/mol. The average Bonchev–Trinajstić information content (AvgIpc) is 2.53. The number of aliphatic carboxylic acids is 1. The Hall–Kier alpha value is -1.33. The molecule has 1 atom stereocenters. The Morgan fingerprint density at radius 3 is 2.94 bits per heavy atom. The van der Waals surface area contributed by atoms with Gasteiger partial charge in [-0.2, -0.15) is 0 Å². The second-order valence-corrected chi connectivity index (χ2v) is 4.92. The fraction of sp³-hybridized carbons (Fsp3) is 0.250.